The molecular weight excluding hydrogens is 330 g/mol. The Morgan fingerprint density at radius 1 is 1.14 bits per heavy atom. The lowest BCUT2D eigenvalue weighted by Gasteiger charge is -2.11. The molecule has 0 aliphatic heterocycles. The van der Waals surface area contributed by atoms with Gasteiger partial charge in [0.2, 0.25) is 0 Å². The summed E-state index contributed by atoms with van der Waals surface area (Å²) in [6, 6.07) is 11.5. The molecule has 0 spiro atoms. The van der Waals surface area contributed by atoms with E-state index in [1.807, 2.05) is 57.2 Å². The van der Waals surface area contributed by atoms with E-state index in [4.69, 9.17) is 4.74 Å². The minimum atomic E-state index is -0.169. The number of carbonyl (C=O) groups excluding carboxylic acids is 1. The van der Waals surface area contributed by atoms with Crippen LogP contribution in [0.1, 0.15) is 16.7 Å². The molecule has 0 aliphatic rings. The van der Waals surface area contributed by atoms with Crippen molar-refractivity contribution in [1.29, 1.82) is 0 Å². The Balaban J connectivity index is 1.96. The molecule has 0 aromatic heterocycles. The number of amides is 1. The number of aryl methyl sites for hydroxylation is 2. The molecule has 0 saturated carbocycles. The molecule has 0 saturated heterocycles. The van der Waals surface area contributed by atoms with Crippen LogP contribution in [0.25, 0.3) is 0 Å². The molecule has 0 radical (unpaired) electrons. The number of carbonyl (C=O) groups is 1. The van der Waals surface area contributed by atoms with Crippen molar-refractivity contribution in [2.45, 2.75) is 20.8 Å². The average Bonchev–Trinajstić information content (AvgIpc) is 2.44. The lowest BCUT2D eigenvalue weighted by molar-refractivity contribution is -0.118. The predicted octanol–water partition coefficient (Wildman–Crippen LogP) is 4.39. The van der Waals surface area contributed by atoms with E-state index in [-0.39, 0.29) is 12.5 Å². The predicted molar refractivity (Wildman–Crippen MR) is 88.9 cm³/mol. The van der Waals surface area contributed by atoms with E-state index < -0.39 is 0 Å². The number of nitrogens with one attached hydrogen (secondary N) is 1. The number of hydrogen-bond acceptors (Lipinski definition) is 2. The fourth-order valence-corrected chi connectivity index (χ4v) is 2.19. The first-order valence-electron chi connectivity index (χ1n) is 6.72. The van der Waals surface area contributed by atoms with Crippen molar-refractivity contribution in [3.05, 3.63) is 57.6 Å². The van der Waals surface area contributed by atoms with Crippen molar-refractivity contribution in [3.63, 3.8) is 0 Å². The Bertz CT molecular complexity index is 668. The Morgan fingerprint density at radius 3 is 2.62 bits per heavy atom. The maximum absolute atomic E-state index is 11.9. The number of hydrogen-bond donors (Lipinski definition) is 1. The summed E-state index contributed by atoms with van der Waals surface area (Å²) >= 11 is 3.43. The van der Waals surface area contributed by atoms with Gasteiger partial charge in [-0.1, -0.05) is 28.1 Å². The summed E-state index contributed by atoms with van der Waals surface area (Å²) in [7, 11) is 0. The molecule has 0 unspecified atom stereocenters. The molecule has 2 aromatic carbocycles. The monoisotopic (exact) mass is 347 g/mol. The zero-order valence-corrected chi connectivity index (χ0v) is 14.0. The first-order chi connectivity index (χ1) is 9.97. The van der Waals surface area contributed by atoms with Crippen molar-refractivity contribution < 1.29 is 9.53 Å². The third-order valence-corrected chi connectivity index (χ3v) is 4.25. The molecule has 2 rings (SSSR count). The van der Waals surface area contributed by atoms with Gasteiger partial charge >= 0.3 is 0 Å². The summed E-state index contributed by atoms with van der Waals surface area (Å²) in [4.78, 5) is 11.9. The highest BCUT2D eigenvalue weighted by molar-refractivity contribution is 9.10. The molecule has 2 aromatic rings. The number of benzene rings is 2. The Morgan fingerprint density at radius 2 is 1.90 bits per heavy atom. The molecule has 0 bridgehead atoms. The molecule has 0 atom stereocenters. The maximum atomic E-state index is 11.9. The fraction of sp³-hybridized carbons (Fsp3) is 0.235. The van der Waals surface area contributed by atoms with E-state index in [0.717, 1.165) is 32.6 Å². The average molecular weight is 348 g/mol. The van der Waals surface area contributed by atoms with Crippen LogP contribution in [-0.2, 0) is 4.79 Å². The highest BCUT2D eigenvalue weighted by atomic mass is 79.9. The van der Waals surface area contributed by atoms with E-state index >= 15 is 0 Å². The van der Waals surface area contributed by atoms with Gasteiger partial charge in [0.05, 0.1) is 0 Å². The quantitative estimate of drug-likeness (QED) is 0.890. The van der Waals surface area contributed by atoms with Gasteiger partial charge in [-0.3, -0.25) is 4.79 Å². The van der Waals surface area contributed by atoms with E-state index in [2.05, 4.69) is 21.2 Å². The second-order valence-electron chi connectivity index (χ2n) is 5.00. The van der Waals surface area contributed by atoms with Gasteiger partial charge in [-0.2, -0.15) is 0 Å². The minimum Gasteiger partial charge on any atom is -0.483 e. The zero-order valence-electron chi connectivity index (χ0n) is 12.4. The first kappa shape index (κ1) is 15.6. The molecule has 21 heavy (non-hydrogen) atoms. The maximum Gasteiger partial charge on any atom is 0.262 e. The highest BCUT2D eigenvalue weighted by Gasteiger charge is 2.07. The van der Waals surface area contributed by atoms with Crippen LogP contribution in [0.5, 0.6) is 5.75 Å². The fourth-order valence-electron chi connectivity index (χ4n) is 1.94. The third kappa shape index (κ3) is 4.08. The largest absolute Gasteiger partial charge is 0.483 e. The first-order valence-corrected chi connectivity index (χ1v) is 7.51. The molecule has 0 heterocycles. The normalized spacial score (nSPS) is 10.3. The zero-order chi connectivity index (χ0) is 15.4. The molecule has 0 fully saturated rings. The summed E-state index contributed by atoms with van der Waals surface area (Å²) in [6.45, 7) is 5.99. The lowest BCUT2D eigenvalue weighted by atomic mass is 10.1. The van der Waals surface area contributed by atoms with Crippen LogP contribution in [-0.4, -0.2) is 12.5 Å². The van der Waals surface area contributed by atoms with Crippen molar-refractivity contribution in [2.24, 2.45) is 0 Å². The number of ether oxygens (including phenoxy) is 1. The van der Waals surface area contributed by atoms with E-state index in [1.54, 1.807) is 0 Å². The van der Waals surface area contributed by atoms with Crippen LogP contribution in [0, 0.1) is 20.8 Å². The Kier molecular flexibility index (Phi) is 5.02. The summed E-state index contributed by atoms with van der Waals surface area (Å²) in [5, 5.41) is 2.83. The summed E-state index contributed by atoms with van der Waals surface area (Å²) in [5.74, 6) is 0.578. The van der Waals surface area contributed by atoms with Crippen molar-refractivity contribution >= 4 is 27.5 Å². The molecule has 1 amide bonds. The second-order valence-corrected chi connectivity index (χ2v) is 5.85. The van der Waals surface area contributed by atoms with Crippen LogP contribution in [0.3, 0.4) is 0 Å². The number of halogens is 1. The van der Waals surface area contributed by atoms with Gasteiger partial charge in [-0.25, -0.2) is 0 Å². The molecule has 3 nitrogen and oxygen atoms in total. The van der Waals surface area contributed by atoms with E-state index in [1.165, 1.54) is 0 Å². The van der Waals surface area contributed by atoms with E-state index in [0.29, 0.717) is 0 Å². The highest BCUT2D eigenvalue weighted by Crippen LogP contribution is 2.21. The van der Waals surface area contributed by atoms with Gasteiger partial charge in [0.1, 0.15) is 5.75 Å². The van der Waals surface area contributed by atoms with Crippen LogP contribution in [0.15, 0.2) is 40.9 Å². The number of anilines is 1. The lowest BCUT2D eigenvalue weighted by Crippen LogP contribution is -2.20. The third-order valence-electron chi connectivity index (χ3n) is 3.36. The minimum absolute atomic E-state index is 0.000590. The SMILES string of the molecule is Cc1cc(NC(=O)COc2cccc(C)c2C)ccc1Br. The Labute approximate surface area is 133 Å². The molecule has 0 aliphatic carbocycles. The summed E-state index contributed by atoms with van der Waals surface area (Å²) < 4.78 is 6.60. The second kappa shape index (κ2) is 6.76. The molecular formula is C17H18BrNO2. The summed E-state index contributed by atoms with van der Waals surface area (Å²) in [6.07, 6.45) is 0. The smallest absolute Gasteiger partial charge is 0.262 e. The van der Waals surface area contributed by atoms with Crippen LogP contribution in [0.4, 0.5) is 5.69 Å². The van der Waals surface area contributed by atoms with Gasteiger partial charge in [0.15, 0.2) is 6.61 Å². The van der Waals surface area contributed by atoms with Crippen LogP contribution >= 0.6 is 15.9 Å². The molecule has 1 N–H and O–H groups in total. The van der Waals surface area contributed by atoms with Crippen molar-refractivity contribution in [3.8, 4) is 5.75 Å². The van der Waals surface area contributed by atoms with Crippen molar-refractivity contribution in [2.75, 3.05) is 11.9 Å². The topological polar surface area (TPSA) is 38.3 Å². The molecule has 110 valence electrons. The van der Waals surface area contributed by atoms with Gasteiger partial charge in [0.25, 0.3) is 5.91 Å². The van der Waals surface area contributed by atoms with Crippen LogP contribution in [0.2, 0.25) is 0 Å². The molecule has 4 heteroatoms. The summed E-state index contributed by atoms with van der Waals surface area (Å²) in [5.41, 5.74) is 4.05. The van der Waals surface area contributed by atoms with Gasteiger partial charge < -0.3 is 10.1 Å². The standard InChI is InChI=1S/C17H18BrNO2/c1-11-5-4-6-16(13(11)3)21-10-17(20)19-14-7-8-15(18)12(2)9-14/h4-9H,10H2,1-3H3,(H,19,20). The Hall–Kier alpha value is -1.81. The van der Waals surface area contributed by atoms with Gasteiger partial charge in [-0.05, 0) is 61.7 Å². The van der Waals surface area contributed by atoms with Gasteiger partial charge in [0, 0.05) is 10.2 Å². The van der Waals surface area contributed by atoms with Gasteiger partial charge in [-0.15, -0.1) is 0 Å². The van der Waals surface area contributed by atoms with Crippen molar-refractivity contribution in [1.82, 2.24) is 0 Å². The number of rotatable bonds is 4. The van der Waals surface area contributed by atoms with Crippen LogP contribution < -0.4 is 10.1 Å². The van der Waals surface area contributed by atoms with E-state index in [9.17, 15) is 4.79 Å².